The third kappa shape index (κ3) is 6.46. The van der Waals surface area contributed by atoms with Crippen molar-refractivity contribution >= 4 is 27.6 Å². The van der Waals surface area contributed by atoms with Crippen molar-refractivity contribution in [1.82, 2.24) is 5.32 Å². The van der Waals surface area contributed by atoms with Gasteiger partial charge in [0.05, 0.1) is 10.5 Å². The minimum absolute atomic E-state index is 0.0110. The summed E-state index contributed by atoms with van der Waals surface area (Å²) in [7, 11) is -3.74. The van der Waals surface area contributed by atoms with Crippen LogP contribution >= 0.6 is 0 Å². The summed E-state index contributed by atoms with van der Waals surface area (Å²) < 4.78 is 22.4. The third-order valence-electron chi connectivity index (χ3n) is 3.79. The van der Waals surface area contributed by atoms with Gasteiger partial charge in [-0.1, -0.05) is 18.2 Å². The number of benzene rings is 2. The molecule has 1 amide bonds. The molecule has 5 N–H and O–H groups in total. The van der Waals surface area contributed by atoms with Gasteiger partial charge in [-0.05, 0) is 42.3 Å². The van der Waals surface area contributed by atoms with Crippen LogP contribution in [0.15, 0.2) is 65.2 Å². The summed E-state index contributed by atoms with van der Waals surface area (Å²) in [6.07, 6.45) is 1.78. The van der Waals surface area contributed by atoms with E-state index < -0.39 is 21.9 Å². The topological polar surface area (TPSA) is 162 Å². The number of carboxylic acids is 1. The van der Waals surface area contributed by atoms with Gasteiger partial charge in [-0.15, -0.1) is 0 Å². The number of aromatic carboxylic acids is 1. The summed E-state index contributed by atoms with van der Waals surface area (Å²) in [5.41, 5.74) is 0.921. The number of primary sulfonamides is 1. The first-order valence-electron chi connectivity index (χ1n) is 8.31. The fraction of sp³-hybridized carbons (Fsp3) is 0.105. The smallest absolute Gasteiger partial charge is 0.335 e. The first-order valence-corrected chi connectivity index (χ1v) is 9.85. The number of nitriles is 1. The van der Waals surface area contributed by atoms with Crippen LogP contribution in [0.25, 0.3) is 0 Å². The van der Waals surface area contributed by atoms with E-state index in [0.717, 1.165) is 5.56 Å². The highest BCUT2D eigenvalue weighted by Gasteiger charge is 2.11. The number of hydrogen-bond acceptors (Lipinski definition) is 6. The van der Waals surface area contributed by atoms with Crippen LogP contribution in [0, 0.1) is 11.3 Å². The molecule has 0 unspecified atom stereocenters. The van der Waals surface area contributed by atoms with Crippen LogP contribution in [0.1, 0.15) is 15.9 Å². The van der Waals surface area contributed by atoms with E-state index in [9.17, 15) is 18.0 Å². The molecule has 29 heavy (non-hydrogen) atoms. The molecule has 0 aliphatic heterocycles. The Labute approximate surface area is 167 Å². The molecule has 2 aromatic carbocycles. The zero-order valence-electron chi connectivity index (χ0n) is 15.1. The third-order valence-corrected chi connectivity index (χ3v) is 4.72. The van der Waals surface area contributed by atoms with E-state index in [1.165, 1.54) is 42.6 Å². The first-order chi connectivity index (χ1) is 13.7. The summed E-state index contributed by atoms with van der Waals surface area (Å²) in [4.78, 5) is 23.1. The number of hydrogen-bond donors (Lipinski definition) is 4. The number of nitrogens with two attached hydrogens (primary N) is 1. The van der Waals surface area contributed by atoms with Gasteiger partial charge in [-0.3, -0.25) is 4.79 Å². The maximum absolute atomic E-state index is 12.2. The second-order valence-electron chi connectivity index (χ2n) is 5.90. The molecule has 2 rings (SSSR count). The molecule has 150 valence electrons. The lowest BCUT2D eigenvalue weighted by Gasteiger charge is -2.06. The van der Waals surface area contributed by atoms with Gasteiger partial charge in [0, 0.05) is 18.4 Å². The molecule has 0 aliphatic rings. The molecular weight excluding hydrogens is 396 g/mol. The Morgan fingerprint density at radius 2 is 1.86 bits per heavy atom. The number of carbonyl (C=O) groups is 2. The predicted molar refractivity (Wildman–Crippen MR) is 105 cm³/mol. The fourth-order valence-corrected chi connectivity index (χ4v) is 2.83. The van der Waals surface area contributed by atoms with E-state index in [1.54, 1.807) is 18.2 Å². The van der Waals surface area contributed by atoms with Crippen molar-refractivity contribution in [3.8, 4) is 6.07 Å². The van der Waals surface area contributed by atoms with Crippen molar-refractivity contribution in [2.45, 2.75) is 11.3 Å². The van der Waals surface area contributed by atoms with Gasteiger partial charge in [0.1, 0.15) is 11.6 Å². The number of carboxylic acid groups (broad SMARTS) is 1. The van der Waals surface area contributed by atoms with Crippen molar-refractivity contribution in [3.63, 3.8) is 0 Å². The van der Waals surface area contributed by atoms with Crippen LogP contribution in [0.4, 0.5) is 5.69 Å². The minimum atomic E-state index is -3.74. The molecule has 10 heteroatoms. The van der Waals surface area contributed by atoms with Gasteiger partial charge < -0.3 is 15.7 Å². The van der Waals surface area contributed by atoms with E-state index >= 15 is 0 Å². The van der Waals surface area contributed by atoms with Crippen LogP contribution < -0.4 is 15.8 Å². The average molecular weight is 414 g/mol. The molecule has 0 heterocycles. The molecule has 0 saturated heterocycles. The van der Waals surface area contributed by atoms with Crippen LogP contribution in [0.5, 0.6) is 0 Å². The molecule has 0 aromatic heterocycles. The number of rotatable bonds is 8. The number of carbonyl (C=O) groups excluding carboxylic acids is 1. The van der Waals surface area contributed by atoms with Crippen molar-refractivity contribution in [1.29, 1.82) is 5.26 Å². The van der Waals surface area contributed by atoms with Gasteiger partial charge in [0.2, 0.25) is 10.0 Å². The number of amides is 1. The largest absolute Gasteiger partial charge is 0.478 e. The van der Waals surface area contributed by atoms with Crippen LogP contribution in [0.3, 0.4) is 0 Å². The predicted octanol–water partition coefficient (Wildman–Crippen LogP) is 1.21. The summed E-state index contributed by atoms with van der Waals surface area (Å²) in [6.45, 7) is 0.391. The van der Waals surface area contributed by atoms with Crippen LogP contribution in [0.2, 0.25) is 0 Å². The van der Waals surface area contributed by atoms with Gasteiger partial charge in [-0.25, -0.2) is 18.4 Å². The summed E-state index contributed by atoms with van der Waals surface area (Å²) >= 11 is 0. The highest BCUT2D eigenvalue weighted by atomic mass is 32.2. The Morgan fingerprint density at radius 1 is 1.17 bits per heavy atom. The summed E-state index contributed by atoms with van der Waals surface area (Å²) in [5.74, 6) is -1.81. The molecule has 0 aliphatic carbocycles. The lowest BCUT2D eigenvalue weighted by molar-refractivity contribution is -0.112. The maximum atomic E-state index is 12.2. The van der Waals surface area contributed by atoms with E-state index in [1.807, 2.05) is 0 Å². The zero-order valence-corrected chi connectivity index (χ0v) is 15.9. The lowest BCUT2D eigenvalue weighted by atomic mass is 10.1. The van der Waals surface area contributed by atoms with E-state index in [0.29, 0.717) is 13.0 Å². The Morgan fingerprint density at radius 3 is 2.45 bits per heavy atom. The van der Waals surface area contributed by atoms with E-state index in [-0.39, 0.29) is 21.7 Å². The molecule has 0 saturated carbocycles. The van der Waals surface area contributed by atoms with Gasteiger partial charge in [-0.2, -0.15) is 5.26 Å². The Hall–Kier alpha value is -3.68. The number of sulfonamides is 1. The number of nitrogens with zero attached hydrogens (tertiary/aromatic N) is 1. The van der Waals surface area contributed by atoms with Crippen molar-refractivity contribution in [2.24, 2.45) is 5.14 Å². The molecule has 0 fully saturated rings. The van der Waals surface area contributed by atoms with Gasteiger partial charge in [0.25, 0.3) is 5.91 Å². The van der Waals surface area contributed by atoms with Gasteiger partial charge in [0.15, 0.2) is 0 Å². The van der Waals surface area contributed by atoms with Crippen molar-refractivity contribution < 1.29 is 23.1 Å². The number of nitrogens with one attached hydrogen (secondary N) is 2. The molecule has 0 bridgehead atoms. The molecule has 2 aromatic rings. The van der Waals surface area contributed by atoms with Crippen LogP contribution in [-0.4, -0.2) is 31.9 Å². The quantitative estimate of drug-likeness (QED) is 0.286. The average Bonchev–Trinajstić information content (AvgIpc) is 2.67. The normalized spacial score (nSPS) is 11.4. The Bertz CT molecular complexity index is 1090. The standard InChI is InChI=1S/C19H18N4O5S/c20-11-15(18(24)23-16-3-1-2-14(10-16)19(25)26)12-22-9-8-13-4-6-17(7-5-13)29(21,27)28/h1-7,10,12,22H,8-9H2,(H,23,24)(H,25,26)(H2,21,27,28)/b15-12-. The Kier molecular flexibility index (Phi) is 7.08. The Balaban J connectivity index is 1.93. The van der Waals surface area contributed by atoms with E-state index in [2.05, 4.69) is 10.6 Å². The molecule has 0 spiro atoms. The van der Waals surface area contributed by atoms with Crippen molar-refractivity contribution in [2.75, 3.05) is 11.9 Å². The van der Waals surface area contributed by atoms with Crippen LogP contribution in [-0.2, 0) is 21.2 Å². The SMILES string of the molecule is N#C/C(=C/NCCc1ccc(S(N)(=O)=O)cc1)C(=O)Nc1cccc(C(=O)O)c1. The zero-order chi connectivity index (χ0) is 21.4. The lowest BCUT2D eigenvalue weighted by Crippen LogP contribution is -2.18. The first kappa shape index (κ1) is 21.6. The summed E-state index contributed by atoms with van der Waals surface area (Å²) in [5, 5.41) is 28.5. The highest BCUT2D eigenvalue weighted by Crippen LogP contribution is 2.12. The summed E-state index contributed by atoms with van der Waals surface area (Å²) in [6, 6.07) is 13.5. The minimum Gasteiger partial charge on any atom is -0.478 e. The second-order valence-corrected chi connectivity index (χ2v) is 7.46. The number of anilines is 1. The molecule has 0 radical (unpaired) electrons. The van der Waals surface area contributed by atoms with Crippen molar-refractivity contribution in [3.05, 3.63) is 71.4 Å². The molecular formula is C19H18N4O5S. The molecule has 9 nitrogen and oxygen atoms in total. The second kappa shape index (κ2) is 9.50. The monoisotopic (exact) mass is 414 g/mol. The molecule has 0 atom stereocenters. The van der Waals surface area contributed by atoms with E-state index in [4.69, 9.17) is 15.5 Å². The highest BCUT2D eigenvalue weighted by molar-refractivity contribution is 7.89. The maximum Gasteiger partial charge on any atom is 0.335 e. The van der Waals surface area contributed by atoms with Gasteiger partial charge >= 0.3 is 5.97 Å². The fourth-order valence-electron chi connectivity index (χ4n) is 2.31.